The number of rotatable bonds is 3. The molecule has 0 N–H and O–H groups in total. The van der Waals surface area contributed by atoms with Gasteiger partial charge < -0.3 is 0 Å². The summed E-state index contributed by atoms with van der Waals surface area (Å²) < 4.78 is 0. The summed E-state index contributed by atoms with van der Waals surface area (Å²) >= 11 is 0. The van der Waals surface area contributed by atoms with Crippen LogP contribution in [0.15, 0.2) is 60.7 Å². The molecule has 0 radical (unpaired) electrons. The Bertz CT molecular complexity index is 659. The van der Waals surface area contributed by atoms with Crippen molar-refractivity contribution in [3.8, 4) is 11.8 Å². The Hall–Kier alpha value is -2.04. The first kappa shape index (κ1) is 15.8. The van der Waals surface area contributed by atoms with Crippen LogP contribution in [-0.2, 0) is 5.54 Å². The number of likely N-dealkylation sites (tertiary alicyclic amines) is 1. The van der Waals surface area contributed by atoms with E-state index in [1.165, 1.54) is 24.8 Å². The lowest BCUT2D eigenvalue weighted by Gasteiger charge is -2.42. The van der Waals surface area contributed by atoms with E-state index >= 15 is 0 Å². The average Bonchev–Trinajstić information content (AvgIpc) is 2.65. The molecule has 1 heterocycles. The molecule has 2 aromatic carbocycles. The highest BCUT2D eigenvalue weighted by molar-refractivity contribution is 5.41. The van der Waals surface area contributed by atoms with E-state index in [4.69, 9.17) is 0 Å². The van der Waals surface area contributed by atoms with Crippen LogP contribution in [0.2, 0.25) is 0 Å². The Labute approximate surface area is 140 Å². The van der Waals surface area contributed by atoms with Gasteiger partial charge in [-0.1, -0.05) is 73.7 Å². The second-order valence-corrected chi connectivity index (χ2v) is 6.24. The number of hydrogen-bond acceptors (Lipinski definition) is 1. The van der Waals surface area contributed by atoms with E-state index in [2.05, 4.69) is 78.3 Å². The highest BCUT2D eigenvalue weighted by Gasteiger charge is 2.35. The molecule has 0 aromatic heterocycles. The van der Waals surface area contributed by atoms with E-state index < -0.39 is 0 Å². The van der Waals surface area contributed by atoms with Crippen molar-refractivity contribution in [2.45, 2.75) is 38.1 Å². The average molecular weight is 303 g/mol. The summed E-state index contributed by atoms with van der Waals surface area (Å²) in [4.78, 5) is 2.60. The van der Waals surface area contributed by atoms with E-state index in [1.807, 2.05) is 6.07 Å². The quantitative estimate of drug-likeness (QED) is 0.734. The first-order chi connectivity index (χ1) is 11.3. The maximum Gasteiger partial charge on any atom is 0.108 e. The minimum atomic E-state index is -0.169. The van der Waals surface area contributed by atoms with Crippen LogP contribution < -0.4 is 0 Å². The van der Waals surface area contributed by atoms with Crippen LogP contribution in [0.5, 0.6) is 0 Å². The zero-order valence-electron chi connectivity index (χ0n) is 14.0. The van der Waals surface area contributed by atoms with Gasteiger partial charge in [0.05, 0.1) is 0 Å². The van der Waals surface area contributed by atoms with E-state index in [9.17, 15) is 0 Å². The monoisotopic (exact) mass is 303 g/mol. The normalized spacial score (nSPS) is 17.8. The lowest BCUT2D eigenvalue weighted by molar-refractivity contribution is 0.107. The third-order valence-electron chi connectivity index (χ3n) is 4.85. The SMILES string of the molecule is CCC(C#Cc1ccccc1)(c1ccccc1)N1CCCCC1. The van der Waals surface area contributed by atoms with Gasteiger partial charge in [0, 0.05) is 5.56 Å². The minimum absolute atomic E-state index is 0.169. The maximum absolute atomic E-state index is 3.66. The topological polar surface area (TPSA) is 3.24 Å². The molecule has 0 amide bonds. The van der Waals surface area contributed by atoms with Crippen LogP contribution in [0.4, 0.5) is 0 Å². The predicted octanol–water partition coefficient (Wildman–Crippen LogP) is 4.83. The van der Waals surface area contributed by atoms with Gasteiger partial charge >= 0.3 is 0 Å². The Kier molecular flexibility index (Phi) is 5.16. The summed E-state index contributed by atoms with van der Waals surface area (Å²) in [5, 5.41) is 0. The van der Waals surface area contributed by atoms with Gasteiger partial charge in [-0.2, -0.15) is 0 Å². The molecule has 0 aliphatic carbocycles. The molecule has 0 spiro atoms. The number of piperidine rings is 1. The highest BCUT2D eigenvalue weighted by Crippen LogP contribution is 2.34. The largest absolute Gasteiger partial charge is 0.284 e. The Morgan fingerprint density at radius 3 is 2.09 bits per heavy atom. The summed E-state index contributed by atoms with van der Waals surface area (Å²) in [5.74, 6) is 7.10. The highest BCUT2D eigenvalue weighted by atomic mass is 15.2. The smallest absolute Gasteiger partial charge is 0.108 e. The molecule has 1 atom stereocenters. The zero-order valence-corrected chi connectivity index (χ0v) is 14.0. The van der Waals surface area contributed by atoms with Gasteiger partial charge in [-0.15, -0.1) is 0 Å². The van der Waals surface area contributed by atoms with E-state index in [-0.39, 0.29) is 5.54 Å². The van der Waals surface area contributed by atoms with Crippen molar-refractivity contribution in [1.29, 1.82) is 0 Å². The number of nitrogens with zero attached hydrogens (tertiary/aromatic N) is 1. The van der Waals surface area contributed by atoms with E-state index in [1.54, 1.807) is 0 Å². The van der Waals surface area contributed by atoms with Crippen LogP contribution in [0, 0.1) is 11.8 Å². The zero-order chi connectivity index (χ0) is 16.0. The molecule has 1 nitrogen and oxygen atoms in total. The lowest BCUT2D eigenvalue weighted by Crippen LogP contribution is -2.47. The third kappa shape index (κ3) is 3.49. The summed E-state index contributed by atoms with van der Waals surface area (Å²) in [5.41, 5.74) is 2.25. The Balaban J connectivity index is 2.03. The Morgan fingerprint density at radius 1 is 0.870 bits per heavy atom. The van der Waals surface area contributed by atoms with Gasteiger partial charge in [0.25, 0.3) is 0 Å². The fraction of sp³-hybridized carbons (Fsp3) is 0.364. The third-order valence-corrected chi connectivity index (χ3v) is 4.85. The van der Waals surface area contributed by atoms with Crippen LogP contribution in [0.3, 0.4) is 0 Å². The van der Waals surface area contributed by atoms with Crippen LogP contribution in [0.1, 0.15) is 43.7 Å². The molecule has 1 aliphatic rings. The molecule has 23 heavy (non-hydrogen) atoms. The molecule has 0 saturated carbocycles. The van der Waals surface area contributed by atoms with Gasteiger partial charge in [0.15, 0.2) is 0 Å². The minimum Gasteiger partial charge on any atom is -0.284 e. The first-order valence-corrected chi connectivity index (χ1v) is 8.74. The van der Waals surface area contributed by atoms with Gasteiger partial charge in [-0.25, -0.2) is 0 Å². The van der Waals surface area contributed by atoms with Crippen molar-refractivity contribution in [2.75, 3.05) is 13.1 Å². The lowest BCUT2D eigenvalue weighted by atomic mass is 9.84. The maximum atomic E-state index is 3.66. The Morgan fingerprint density at radius 2 is 1.48 bits per heavy atom. The van der Waals surface area contributed by atoms with Crippen molar-refractivity contribution in [2.24, 2.45) is 0 Å². The van der Waals surface area contributed by atoms with Crippen molar-refractivity contribution >= 4 is 0 Å². The molecule has 0 bridgehead atoms. The van der Waals surface area contributed by atoms with Crippen molar-refractivity contribution in [3.05, 3.63) is 71.8 Å². The van der Waals surface area contributed by atoms with Gasteiger partial charge in [0.1, 0.15) is 5.54 Å². The first-order valence-electron chi connectivity index (χ1n) is 8.74. The molecule has 2 aromatic rings. The summed E-state index contributed by atoms with van der Waals surface area (Å²) in [7, 11) is 0. The molecular weight excluding hydrogens is 278 g/mol. The summed E-state index contributed by atoms with van der Waals surface area (Å²) in [6.45, 7) is 4.56. The number of benzene rings is 2. The van der Waals surface area contributed by atoms with Crippen molar-refractivity contribution in [1.82, 2.24) is 4.90 Å². The molecule has 3 rings (SSSR count). The van der Waals surface area contributed by atoms with E-state index in [0.717, 1.165) is 25.1 Å². The van der Waals surface area contributed by atoms with E-state index in [0.29, 0.717) is 0 Å². The van der Waals surface area contributed by atoms with Crippen molar-refractivity contribution < 1.29 is 0 Å². The molecule has 1 fully saturated rings. The molecule has 1 heteroatoms. The molecule has 1 saturated heterocycles. The second kappa shape index (κ2) is 7.49. The van der Waals surface area contributed by atoms with Gasteiger partial charge in [-0.05, 0) is 50.0 Å². The van der Waals surface area contributed by atoms with Crippen molar-refractivity contribution in [3.63, 3.8) is 0 Å². The second-order valence-electron chi connectivity index (χ2n) is 6.24. The van der Waals surface area contributed by atoms with Crippen LogP contribution in [0.25, 0.3) is 0 Å². The molecular formula is C22H25N. The fourth-order valence-electron chi connectivity index (χ4n) is 3.54. The fourth-order valence-corrected chi connectivity index (χ4v) is 3.54. The molecule has 1 unspecified atom stereocenters. The van der Waals surface area contributed by atoms with Crippen LogP contribution in [-0.4, -0.2) is 18.0 Å². The van der Waals surface area contributed by atoms with Gasteiger partial charge in [-0.3, -0.25) is 4.90 Å². The molecule has 118 valence electrons. The van der Waals surface area contributed by atoms with Gasteiger partial charge in [0.2, 0.25) is 0 Å². The summed E-state index contributed by atoms with van der Waals surface area (Å²) in [6, 6.07) is 21.2. The molecule has 1 aliphatic heterocycles. The number of hydrogen-bond donors (Lipinski definition) is 0. The summed E-state index contributed by atoms with van der Waals surface area (Å²) in [6.07, 6.45) is 4.91. The predicted molar refractivity (Wildman–Crippen MR) is 97.2 cm³/mol. The van der Waals surface area contributed by atoms with Crippen LogP contribution >= 0.6 is 0 Å². The standard InChI is InChI=1S/C22H25N/c1-2-22(21-14-8-4-9-15-21,23-18-10-5-11-19-23)17-16-20-12-6-3-7-13-20/h3-4,6-9,12-15H,2,5,10-11,18-19H2,1H3.